The summed E-state index contributed by atoms with van der Waals surface area (Å²) in [7, 11) is 0. The highest BCUT2D eigenvalue weighted by Crippen LogP contribution is 2.20. The Labute approximate surface area is 115 Å². The van der Waals surface area contributed by atoms with Gasteiger partial charge in [-0.15, -0.1) is 0 Å². The van der Waals surface area contributed by atoms with Crippen molar-refractivity contribution in [2.45, 2.75) is 6.92 Å². The highest BCUT2D eigenvalue weighted by molar-refractivity contribution is 7.80. The third-order valence-electron chi connectivity index (χ3n) is 2.61. The van der Waals surface area contributed by atoms with E-state index in [1.807, 2.05) is 19.1 Å². The van der Waals surface area contributed by atoms with Crippen LogP contribution in [0.2, 0.25) is 0 Å². The Balaban J connectivity index is 2.32. The molecule has 2 rings (SSSR count). The number of amides is 1. The number of carbonyl (C=O) groups is 1. The lowest BCUT2D eigenvalue weighted by atomic mass is 10.1. The fourth-order valence-corrected chi connectivity index (χ4v) is 1.99. The number of anilines is 1. The molecule has 0 aliphatic heterocycles. The molecule has 0 aliphatic rings. The van der Waals surface area contributed by atoms with Crippen LogP contribution in [0, 0.1) is 6.92 Å². The van der Waals surface area contributed by atoms with E-state index in [2.05, 4.69) is 15.5 Å². The molecule has 5 nitrogen and oxygen atoms in total. The molecule has 1 heterocycles. The minimum Gasteiger partial charge on any atom is -0.389 e. The number of nitrogens with two attached hydrogens (primary N) is 1. The normalized spacial score (nSPS) is 9.95. The maximum Gasteiger partial charge on any atom is 0.257 e. The monoisotopic (exact) mass is 272 g/mol. The van der Waals surface area contributed by atoms with Gasteiger partial charge in [0.25, 0.3) is 5.91 Å². The molecule has 0 fully saturated rings. The van der Waals surface area contributed by atoms with Gasteiger partial charge in [-0.05, 0) is 24.6 Å². The lowest BCUT2D eigenvalue weighted by molar-refractivity contribution is 0.102. The number of rotatable bonds is 3. The molecule has 0 saturated carbocycles. The lowest BCUT2D eigenvalue weighted by Gasteiger charge is -2.12. The minimum absolute atomic E-state index is 0.251. The van der Waals surface area contributed by atoms with E-state index in [0.29, 0.717) is 16.8 Å². The maximum absolute atomic E-state index is 12.0. The third-order valence-corrected chi connectivity index (χ3v) is 2.82. The van der Waals surface area contributed by atoms with Gasteiger partial charge >= 0.3 is 0 Å². The Morgan fingerprint density at radius 2 is 2.11 bits per heavy atom. The molecule has 2 aromatic rings. The van der Waals surface area contributed by atoms with E-state index in [1.165, 1.54) is 12.4 Å². The van der Waals surface area contributed by atoms with Crippen molar-refractivity contribution in [2.75, 3.05) is 5.32 Å². The molecule has 0 aliphatic carbocycles. The zero-order valence-electron chi connectivity index (χ0n) is 10.3. The van der Waals surface area contributed by atoms with Crippen molar-refractivity contribution in [3.05, 3.63) is 53.3 Å². The predicted molar refractivity (Wildman–Crippen MR) is 77.1 cm³/mol. The summed E-state index contributed by atoms with van der Waals surface area (Å²) in [4.78, 5) is 12.3. The first-order valence-corrected chi connectivity index (χ1v) is 5.98. The van der Waals surface area contributed by atoms with E-state index in [9.17, 15) is 4.79 Å². The summed E-state index contributed by atoms with van der Waals surface area (Å²) in [6, 6.07) is 7.06. The first-order valence-electron chi connectivity index (χ1n) is 5.57. The van der Waals surface area contributed by atoms with Crippen LogP contribution < -0.4 is 11.1 Å². The van der Waals surface area contributed by atoms with Crippen molar-refractivity contribution in [1.82, 2.24) is 10.2 Å². The van der Waals surface area contributed by atoms with Gasteiger partial charge in [0, 0.05) is 5.56 Å². The number of benzene rings is 1. The maximum atomic E-state index is 12.0. The molecule has 6 heteroatoms. The van der Waals surface area contributed by atoms with Gasteiger partial charge in [0.2, 0.25) is 0 Å². The highest BCUT2D eigenvalue weighted by atomic mass is 32.1. The third kappa shape index (κ3) is 2.92. The topological polar surface area (TPSA) is 80.9 Å². The number of carbonyl (C=O) groups excluding carboxylic acids is 1. The summed E-state index contributed by atoms with van der Waals surface area (Å²) in [5, 5.41) is 10.1. The van der Waals surface area contributed by atoms with Gasteiger partial charge in [-0.1, -0.05) is 24.4 Å². The molecule has 1 aromatic carbocycles. The van der Waals surface area contributed by atoms with Crippen LogP contribution in [-0.4, -0.2) is 21.1 Å². The van der Waals surface area contributed by atoms with E-state index in [0.717, 1.165) is 5.56 Å². The van der Waals surface area contributed by atoms with Crippen molar-refractivity contribution in [3.8, 4) is 0 Å². The second kappa shape index (κ2) is 5.53. The number of aromatic nitrogens is 2. The molecule has 0 spiro atoms. The standard InChI is InChI=1S/C13H12N4OS/c1-8-3-2-4-10(11(8)12(14)19)17-13(18)9-5-6-15-16-7-9/h2-7H,1H3,(H2,14,19)(H,17,18). The van der Waals surface area contributed by atoms with E-state index >= 15 is 0 Å². The molecule has 1 aromatic heterocycles. The van der Waals surface area contributed by atoms with Crippen molar-refractivity contribution in [1.29, 1.82) is 0 Å². The Morgan fingerprint density at radius 1 is 1.32 bits per heavy atom. The van der Waals surface area contributed by atoms with Gasteiger partial charge in [-0.3, -0.25) is 4.79 Å². The van der Waals surface area contributed by atoms with Gasteiger partial charge in [-0.25, -0.2) is 0 Å². The van der Waals surface area contributed by atoms with E-state index in [-0.39, 0.29) is 10.9 Å². The largest absolute Gasteiger partial charge is 0.389 e. The first-order chi connectivity index (χ1) is 9.09. The number of thiocarbonyl (C=S) groups is 1. The van der Waals surface area contributed by atoms with Gasteiger partial charge in [0.1, 0.15) is 4.99 Å². The Kier molecular flexibility index (Phi) is 3.82. The Morgan fingerprint density at radius 3 is 2.74 bits per heavy atom. The number of hydrogen-bond acceptors (Lipinski definition) is 4. The summed E-state index contributed by atoms with van der Waals surface area (Å²) in [5.74, 6) is -0.280. The van der Waals surface area contributed by atoms with E-state index < -0.39 is 0 Å². The second-order valence-electron chi connectivity index (χ2n) is 3.95. The predicted octanol–water partition coefficient (Wildman–Crippen LogP) is 1.67. The van der Waals surface area contributed by atoms with Crippen LogP contribution in [0.4, 0.5) is 5.69 Å². The lowest BCUT2D eigenvalue weighted by Crippen LogP contribution is -2.18. The molecule has 3 N–H and O–H groups in total. The molecule has 0 unspecified atom stereocenters. The summed E-state index contributed by atoms with van der Waals surface area (Å²) in [6.07, 6.45) is 2.85. The molecular formula is C13H12N4OS. The zero-order valence-corrected chi connectivity index (χ0v) is 11.1. The first kappa shape index (κ1) is 13.1. The van der Waals surface area contributed by atoms with Crippen LogP contribution in [0.15, 0.2) is 36.7 Å². The Bertz CT molecular complexity index is 628. The summed E-state index contributed by atoms with van der Waals surface area (Å²) in [5.41, 5.74) is 8.29. The van der Waals surface area contributed by atoms with Crippen LogP contribution in [-0.2, 0) is 0 Å². The van der Waals surface area contributed by atoms with Crippen LogP contribution in [0.3, 0.4) is 0 Å². The second-order valence-corrected chi connectivity index (χ2v) is 4.39. The molecule has 96 valence electrons. The number of hydrogen-bond donors (Lipinski definition) is 2. The fourth-order valence-electron chi connectivity index (χ4n) is 1.72. The van der Waals surface area contributed by atoms with Gasteiger partial charge in [-0.2, -0.15) is 10.2 Å². The van der Waals surface area contributed by atoms with Crippen LogP contribution >= 0.6 is 12.2 Å². The molecule has 0 radical (unpaired) electrons. The molecule has 0 bridgehead atoms. The quantitative estimate of drug-likeness (QED) is 0.831. The molecule has 19 heavy (non-hydrogen) atoms. The molecular weight excluding hydrogens is 260 g/mol. The van der Waals surface area contributed by atoms with Crippen LogP contribution in [0.25, 0.3) is 0 Å². The summed E-state index contributed by atoms with van der Waals surface area (Å²) < 4.78 is 0. The smallest absolute Gasteiger partial charge is 0.257 e. The zero-order chi connectivity index (χ0) is 13.8. The molecule has 1 amide bonds. The van der Waals surface area contributed by atoms with Crippen LogP contribution in [0.1, 0.15) is 21.5 Å². The average Bonchev–Trinajstić information content (AvgIpc) is 2.39. The van der Waals surface area contributed by atoms with Crippen molar-refractivity contribution < 1.29 is 4.79 Å². The Hall–Kier alpha value is -2.34. The van der Waals surface area contributed by atoms with Gasteiger partial charge in [0.05, 0.1) is 23.6 Å². The molecule has 0 saturated heterocycles. The van der Waals surface area contributed by atoms with E-state index in [4.69, 9.17) is 18.0 Å². The fraction of sp³-hybridized carbons (Fsp3) is 0.0769. The van der Waals surface area contributed by atoms with Crippen LogP contribution in [0.5, 0.6) is 0 Å². The van der Waals surface area contributed by atoms with E-state index in [1.54, 1.807) is 12.1 Å². The number of nitrogens with zero attached hydrogens (tertiary/aromatic N) is 2. The van der Waals surface area contributed by atoms with Crippen molar-refractivity contribution in [3.63, 3.8) is 0 Å². The number of aryl methyl sites for hydroxylation is 1. The van der Waals surface area contributed by atoms with Gasteiger partial charge in [0.15, 0.2) is 0 Å². The summed E-state index contributed by atoms with van der Waals surface area (Å²) >= 11 is 5.01. The minimum atomic E-state index is -0.280. The molecule has 0 atom stereocenters. The number of nitrogens with one attached hydrogen (secondary N) is 1. The van der Waals surface area contributed by atoms with Gasteiger partial charge < -0.3 is 11.1 Å². The average molecular weight is 272 g/mol. The van der Waals surface area contributed by atoms with Crippen molar-refractivity contribution >= 4 is 28.8 Å². The van der Waals surface area contributed by atoms with Crippen molar-refractivity contribution in [2.24, 2.45) is 5.73 Å². The highest BCUT2D eigenvalue weighted by Gasteiger charge is 2.12. The SMILES string of the molecule is Cc1cccc(NC(=O)c2ccnnc2)c1C(N)=S. The summed E-state index contributed by atoms with van der Waals surface area (Å²) in [6.45, 7) is 1.89.